The molecule has 3 rings (SSSR count). The number of aromatic nitrogens is 1. The van der Waals surface area contributed by atoms with Crippen LogP contribution in [0.2, 0.25) is 0 Å². The first kappa shape index (κ1) is 15.5. The molecule has 22 heavy (non-hydrogen) atoms. The van der Waals surface area contributed by atoms with Crippen molar-refractivity contribution < 1.29 is 19.4 Å². The van der Waals surface area contributed by atoms with Gasteiger partial charge in [0.2, 0.25) is 0 Å². The van der Waals surface area contributed by atoms with Gasteiger partial charge in [-0.3, -0.25) is 9.59 Å². The number of aliphatic carboxylic acids is 1. The Balaban J connectivity index is 0.000000254. The molecule has 0 spiro atoms. The van der Waals surface area contributed by atoms with Gasteiger partial charge in [0.1, 0.15) is 17.0 Å². The summed E-state index contributed by atoms with van der Waals surface area (Å²) in [6.07, 6.45) is 0. The van der Waals surface area contributed by atoms with Gasteiger partial charge in [0.25, 0.3) is 0 Å². The predicted octanol–water partition coefficient (Wildman–Crippen LogP) is 1.29. The van der Waals surface area contributed by atoms with Gasteiger partial charge in [-0.05, 0) is 31.3 Å². The van der Waals surface area contributed by atoms with Crippen LogP contribution in [0.4, 0.5) is 0 Å². The molecule has 1 aliphatic heterocycles. The van der Waals surface area contributed by atoms with Crippen molar-refractivity contribution in [3.8, 4) is 17.2 Å². The summed E-state index contributed by atoms with van der Waals surface area (Å²) in [5.41, 5.74) is 1.59. The second-order valence-electron chi connectivity index (χ2n) is 4.42. The molecule has 0 bridgehead atoms. The van der Waals surface area contributed by atoms with Crippen LogP contribution in [0.25, 0.3) is 22.6 Å². The van der Waals surface area contributed by atoms with Crippen molar-refractivity contribution in [3.63, 3.8) is 0 Å². The van der Waals surface area contributed by atoms with Crippen LogP contribution in [0.15, 0.2) is 45.6 Å². The maximum absolute atomic E-state index is 11.1. The fourth-order valence-electron chi connectivity index (χ4n) is 1.74. The molecule has 0 amide bonds. The quantitative estimate of drug-likeness (QED) is 0.611. The number of phenolic OH excluding ortho intramolecular Hbond substituents is 1. The number of likely N-dealkylation sites (N-methyl/N-ethyl adjacent to an activating group) is 1. The fourth-order valence-corrected chi connectivity index (χ4v) is 1.74. The van der Waals surface area contributed by atoms with E-state index in [4.69, 9.17) is 9.52 Å². The number of phenols is 1. The van der Waals surface area contributed by atoms with Gasteiger partial charge in [0.15, 0.2) is 16.8 Å². The van der Waals surface area contributed by atoms with E-state index in [-0.39, 0.29) is 17.7 Å². The number of hydrogen-bond acceptors (Lipinski definition) is 6. The first-order valence-electron chi connectivity index (χ1n) is 6.39. The zero-order chi connectivity index (χ0) is 16.1. The number of nitrogens with one attached hydrogen (secondary N) is 1. The Morgan fingerprint density at radius 2 is 2.05 bits per heavy atom. The molecule has 114 valence electrons. The summed E-state index contributed by atoms with van der Waals surface area (Å²) in [6, 6.07) is 9.12. The summed E-state index contributed by atoms with van der Waals surface area (Å²) in [4.78, 5) is 25.0. The Labute approximate surface area is 125 Å². The van der Waals surface area contributed by atoms with E-state index in [1.165, 1.54) is 18.2 Å². The average molecular weight is 302 g/mol. The number of carboxylic acids is 1. The van der Waals surface area contributed by atoms with E-state index in [1.54, 1.807) is 25.2 Å². The van der Waals surface area contributed by atoms with Crippen LogP contribution in [-0.2, 0) is 4.79 Å². The van der Waals surface area contributed by atoms with Gasteiger partial charge in [-0.15, -0.1) is 0 Å². The molecule has 7 nitrogen and oxygen atoms in total. The average Bonchev–Trinajstić information content (AvgIpc) is 2.45. The zero-order valence-electron chi connectivity index (χ0n) is 11.7. The fraction of sp³-hybridized carbons (Fsp3) is 0.133. The van der Waals surface area contributed by atoms with E-state index in [0.717, 1.165) is 0 Å². The van der Waals surface area contributed by atoms with E-state index in [2.05, 4.69) is 10.3 Å². The van der Waals surface area contributed by atoms with Gasteiger partial charge in [-0.1, -0.05) is 0 Å². The number of benzene rings is 2. The molecule has 3 N–H and O–H groups in total. The Hall–Kier alpha value is -2.93. The van der Waals surface area contributed by atoms with Crippen LogP contribution < -0.4 is 10.7 Å². The van der Waals surface area contributed by atoms with Crippen LogP contribution in [-0.4, -0.2) is 34.8 Å². The highest BCUT2D eigenvalue weighted by molar-refractivity contribution is 5.77. The van der Waals surface area contributed by atoms with E-state index >= 15 is 0 Å². The molecule has 1 heterocycles. The van der Waals surface area contributed by atoms with Gasteiger partial charge in [0.05, 0.1) is 6.54 Å². The van der Waals surface area contributed by atoms with Crippen molar-refractivity contribution in [2.45, 2.75) is 0 Å². The second-order valence-corrected chi connectivity index (χ2v) is 4.42. The molecule has 0 atom stereocenters. The molecule has 0 fully saturated rings. The van der Waals surface area contributed by atoms with E-state index in [0.29, 0.717) is 22.6 Å². The van der Waals surface area contributed by atoms with Crippen LogP contribution in [0, 0.1) is 0 Å². The Morgan fingerprint density at radius 1 is 1.27 bits per heavy atom. The maximum Gasteiger partial charge on any atom is 0.317 e. The highest BCUT2D eigenvalue weighted by Crippen LogP contribution is 2.25. The third kappa shape index (κ3) is 3.80. The minimum Gasteiger partial charge on any atom is -0.508 e. The normalized spacial score (nSPS) is 10.2. The molecule has 0 saturated carbocycles. The Morgan fingerprint density at radius 3 is 2.68 bits per heavy atom. The molecule has 2 aliphatic rings. The Kier molecular flexibility index (Phi) is 4.70. The van der Waals surface area contributed by atoms with Crippen molar-refractivity contribution >= 4 is 17.1 Å². The summed E-state index contributed by atoms with van der Waals surface area (Å²) in [6.45, 7) is 0.0417. The number of carbonyl (C=O) groups is 1. The number of aromatic hydroxyl groups is 1. The minimum absolute atomic E-state index is 0.0417. The summed E-state index contributed by atoms with van der Waals surface area (Å²) < 4.78 is 5.49. The number of rotatable bonds is 2. The number of carboxylic acid groups (broad SMARTS) is 1. The number of hydrogen-bond donors (Lipinski definition) is 3. The SMILES string of the molecule is CNCC(=O)O.O=c1ccc2nc3ccc(O)cc3oc-2c1. The largest absolute Gasteiger partial charge is 0.508 e. The highest BCUT2D eigenvalue weighted by atomic mass is 16.4. The summed E-state index contributed by atoms with van der Waals surface area (Å²) in [7, 11) is 1.59. The molecule has 7 heteroatoms. The molecule has 0 saturated heterocycles. The lowest BCUT2D eigenvalue weighted by atomic mass is 10.2. The van der Waals surface area contributed by atoms with Crippen LogP contribution in [0.1, 0.15) is 0 Å². The summed E-state index contributed by atoms with van der Waals surface area (Å²) in [5, 5.41) is 19.6. The maximum atomic E-state index is 11.1. The van der Waals surface area contributed by atoms with Gasteiger partial charge in [-0.25, -0.2) is 4.98 Å². The first-order valence-corrected chi connectivity index (χ1v) is 6.39. The van der Waals surface area contributed by atoms with Gasteiger partial charge in [0, 0.05) is 12.1 Å². The van der Waals surface area contributed by atoms with Crippen molar-refractivity contribution in [3.05, 3.63) is 46.6 Å². The molecular weight excluding hydrogens is 288 g/mol. The van der Waals surface area contributed by atoms with Crippen molar-refractivity contribution in [2.24, 2.45) is 0 Å². The van der Waals surface area contributed by atoms with Crippen LogP contribution in [0.5, 0.6) is 5.75 Å². The molecule has 1 aromatic carbocycles. The minimum atomic E-state index is -0.822. The molecule has 0 unspecified atom stereocenters. The topological polar surface area (TPSA) is 113 Å². The van der Waals surface area contributed by atoms with E-state index in [9.17, 15) is 14.7 Å². The lowest BCUT2D eigenvalue weighted by Gasteiger charge is -2.05. The predicted molar refractivity (Wildman–Crippen MR) is 80.1 cm³/mol. The third-order valence-corrected chi connectivity index (χ3v) is 2.66. The summed E-state index contributed by atoms with van der Waals surface area (Å²) in [5.74, 6) is -0.293. The van der Waals surface area contributed by atoms with Crippen molar-refractivity contribution in [1.29, 1.82) is 0 Å². The monoisotopic (exact) mass is 302 g/mol. The molecule has 0 aromatic heterocycles. The van der Waals surface area contributed by atoms with Crippen LogP contribution >= 0.6 is 0 Å². The van der Waals surface area contributed by atoms with Crippen molar-refractivity contribution in [1.82, 2.24) is 10.3 Å². The lowest BCUT2D eigenvalue weighted by Crippen LogP contribution is -2.16. The lowest BCUT2D eigenvalue weighted by molar-refractivity contribution is -0.135. The zero-order valence-corrected chi connectivity index (χ0v) is 11.7. The van der Waals surface area contributed by atoms with Gasteiger partial charge in [-0.2, -0.15) is 0 Å². The molecular formula is C15H14N2O5. The smallest absolute Gasteiger partial charge is 0.317 e. The Bertz CT molecular complexity index is 828. The van der Waals surface area contributed by atoms with Crippen LogP contribution in [0.3, 0.4) is 0 Å². The molecule has 1 aliphatic carbocycles. The second kappa shape index (κ2) is 6.68. The molecule has 1 aromatic rings. The first-order chi connectivity index (χ1) is 10.5. The number of nitrogens with zero attached hydrogens (tertiary/aromatic N) is 1. The summed E-state index contributed by atoms with van der Waals surface area (Å²) >= 11 is 0. The van der Waals surface area contributed by atoms with Crippen molar-refractivity contribution in [2.75, 3.05) is 13.6 Å². The van der Waals surface area contributed by atoms with Gasteiger partial charge >= 0.3 is 5.97 Å². The third-order valence-electron chi connectivity index (χ3n) is 2.66. The van der Waals surface area contributed by atoms with E-state index in [1.807, 2.05) is 0 Å². The highest BCUT2D eigenvalue weighted by Gasteiger charge is 2.09. The standard InChI is InChI=1S/C12H7NO3.C3H7NO2/c14-7-1-3-9-11(5-7)16-12-6-8(15)2-4-10(12)13-9;1-4-2-3(5)6/h1-6,14H;4H,2H2,1H3,(H,5,6). The molecule has 0 radical (unpaired) electrons. The number of fused-ring (bicyclic) bond motifs is 2. The van der Waals surface area contributed by atoms with Gasteiger partial charge < -0.3 is 19.9 Å². The van der Waals surface area contributed by atoms with E-state index < -0.39 is 5.97 Å².